The Bertz CT molecular complexity index is 1760. The third-order valence-corrected chi connectivity index (χ3v) is 14.1. The molecule has 0 aromatic carbocycles. The Morgan fingerprint density at radius 1 is 0.362 bits per heavy atom. The van der Waals surface area contributed by atoms with Crippen LogP contribution in [0.2, 0.25) is 0 Å². The minimum absolute atomic E-state index is 0.121. The molecular formula is C68H115O11P. The van der Waals surface area contributed by atoms with E-state index in [4.69, 9.17) is 23.3 Å². The highest BCUT2D eigenvalue weighted by Crippen LogP contribution is 2.43. The lowest BCUT2D eigenvalue weighted by Crippen LogP contribution is -2.30. The molecule has 0 rings (SSSR count). The monoisotopic (exact) mass is 1140 g/mol. The summed E-state index contributed by atoms with van der Waals surface area (Å²) in [7, 11) is -4.77. The van der Waals surface area contributed by atoms with Crippen LogP contribution < -0.4 is 0 Å². The number of carbonyl (C=O) groups is 3. The van der Waals surface area contributed by atoms with E-state index in [-0.39, 0.29) is 25.9 Å². The molecule has 12 heteroatoms. The Balaban J connectivity index is 4.78. The van der Waals surface area contributed by atoms with Crippen LogP contribution in [0.5, 0.6) is 0 Å². The van der Waals surface area contributed by atoms with Crippen molar-refractivity contribution in [1.29, 1.82) is 0 Å². The number of ether oxygens (including phenoxy) is 3. The van der Waals surface area contributed by atoms with Gasteiger partial charge >= 0.3 is 25.7 Å². The second-order valence-electron chi connectivity index (χ2n) is 20.8. The SMILES string of the molecule is CC/C=C\C/C=C\C/C=C\C/C=C\C/C=C\CCCCCC(=O)OC(COC(=O)CCCCCCCCC/C=C\C/C=C\C/C=C\CC)COP(=O)(O)OCC(CO)OC(=O)CCCCCCCCC/C=C\CCCCCCCC. The number of esters is 3. The van der Waals surface area contributed by atoms with Gasteiger partial charge < -0.3 is 24.2 Å². The number of unbranched alkanes of at least 4 members (excludes halogenated alkanes) is 23. The van der Waals surface area contributed by atoms with Gasteiger partial charge in [0.15, 0.2) is 6.10 Å². The normalized spacial score (nSPS) is 14.0. The number of aliphatic hydroxyl groups is 1. The van der Waals surface area contributed by atoms with E-state index in [0.29, 0.717) is 19.3 Å². The van der Waals surface area contributed by atoms with Crippen molar-refractivity contribution in [3.05, 3.63) is 109 Å². The number of hydrogen-bond acceptors (Lipinski definition) is 10. The predicted molar refractivity (Wildman–Crippen MR) is 334 cm³/mol. The fourth-order valence-corrected chi connectivity index (χ4v) is 9.18. The molecule has 0 fully saturated rings. The molecule has 80 heavy (non-hydrogen) atoms. The fourth-order valence-electron chi connectivity index (χ4n) is 8.39. The molecule has 0 spiro atoms. The van der Waals surface area contributed by atoms with E-state index in [1.54, 1.807) is 0 Å². The van der Waals surface area contributed by atoms with Gasteiger partial charge in [-0.25, -0.2) is 4.57 Å². The molecule has 0 saturated carbocycles. The van der Waals surface area contributed by atoms with Gasteiger partial charge in [-0.15, -0.1) is 0 Å². The van der Waals surface area contributed by atoms with Crippen molar-refractivity contribution in [2.24, 2.45) is 0 Å². The van der Waals surface area contributed by atoms with Crippen molar-refractivity contribution < 1.29 is 52.2 Å². The molecule has 2 N–H and O–H groups in total. The Labute approximate surface area is 488 Å². The van der Waals surface area contributed by atoms with Gasteiger partial charge in [-0.1, -0.05) is 233 Å². The number of rotatable bonds is 58. The van der Waals surface area contributed by atoms with Gasteiger partial charge in [0, 0.05) is 19.3 Å². The quantitative estimate of drug-likeness (QED) is 0.0197. The molecule has 0 bridgehead atoms. The second-order valence-corrected chi connectivity index (χ2v) is 22.3. The first-order valence-corrected chi connectivity index (χ1v) is 33.3. The number of allylic oxidation sites excluding steroid dienone is 18. The molecule has 0 aliphatic heterocycles. The molecule has 0 aromatic heterocycles. The number of hydrogen-bond donors (Lipinski definition) is 2. The molecule has 458 valence electrons. The van der Waals surface area contributed by atoms with Gasteiger partial charge in [-0.05, 0) is 122 Å². The Morgan fingerprint density at radius 2 is 0.650 bits per heavy atom. The Hall–Kier alpha value is -3.86. The Morgan fingerprint density at radius 3 is 1.02 bits per heavy atom. The summed E-state index contributed by atoms with van der Waals surface area (Å²) in [5.41, 5.74) is 0. The van der Waals surface area contributed by atoms with Crippen molar-refractivity contribution >= 4 is 25.7 Å². The largest absolute Gasteiger partial charge is 0.472 e. The highest BCUT2D eigenvalue weighted by Gasteiger charge is 2.28. The molecule has 0 aromatic rings. The van der Waals surface area contributed by atoms with Crippen LogP contribution in [-0.4, -0.2) is 66.5 Å². The van der Waals surface area contributed by atoms with Crippen molar-refractivity contribution in [1.82, 2.24) is 0 Å². The summed E-state index contributed by atoms with van der Waals surface area (Å²) in [5, 5.41) is 9.85. The van der Waals surface area contributed by atoms with Crippen molar-refractivity contribution in [2.75, 3.05) is 26.4 Å². The van der Waals surface area contributed by atoms with E-state index in [1.165, 1.54) is 77.0 Å². The van der Waals surface area contributed by atoms with E-state index in [9.17, 15) is 28.9 Å². The molecule has 0 aliphatic rings. The van der Waals surface area contributed by atoms with Gasteiger partial charge in [0.1, 0.15) is 12.7 Å². The van der Waals surface area contributed by atoms with Crippen molar-refractivity contribution in [3.63, 3.8) is 0 Å². The summed E-state index contributed by atoms with van der Waals surface area (Å²) >= 11 is 0. The van der Waals surface area contributed by atoms with Gasteiger partial charge in [0.05, 0.1) is 19.8 Å². The van der Waals surface area contributed by atoms with Gasteiger partial charge in [0.25, 0.3) is 0 Å². The molecule has 3 unspecified atom stereocenters. The first-order chi connectivity index (χ1) is 39.2. The number of aliphatic hydroxyl groups excluding tert-OH is 1. The van der Waals surface area contributed by atoms with Crippen LogP contribution in [-0.2, 0) is 42.2 Å². The highest BCUT2D eigenvalue weighted by atomic mass is 31.2. The molecule has 0 aliphatic carbocycles. The smallest absolute Gasteiger partial charge is 0.462 e. The zero-order valence-corrected chi connectivity index (χ0v) is 51.7. The molecule has 3 atom stereocenters. The van der Waals surface area contributed by atoms with Crippen LogP contribution in [0.3, 0.4) is 0 Å². The zero-order chi connectivity index (χ0) is 58.3. The summed E-state index contributed by atoms with van der Waals surface area (Å²) in [6, 6.07) is 0. The standard InChI is InChI=1S/C68H115O11P/c1-4-7-10-13-16-19-22-25-28-31-32-35-38-41-44-47-50-53-56-59-68(72)79-65(61-75-66(70)57-54-51-48-45-42-39-36-33-29-26-23-20-17-14-11-8-5-2)63-77-80(73,74)76-62-64(60-69)78-67(71)58-55-52-49-46-43-40-37-34-30-27-24-21-18-15-12-9-6-3/h7-8,10-11,16-17,19-20,25-30,32,35,41,44,64-65,69H,4-6,9,12-15,18,21-24,31,33-34,36-40,42-43,45-63H2,1-3H3,(H,73,74)/b10-7-,11-8-,19-16-,20-17-,28-25-,29-26-,30-27-,35-32-,44-41-. The molecule has 0 saturated heterocycles. The van der Waals surface area contributed by atoms with Crippen LogP contribution >= 0.6 is 7.82 Å². The Kier molecular flexibility index (Phi) is 58.3. The number of phosphoric ester groups is 1. The molecule has 0 heterocycles. The van der Waals surface area contributed by atoms with Gasteiger partial charge in [-0.2, -0.15) is 0 Å². The van der Waals surface area contributed by atoms with Crippen LogP contribution in [0, 0.1) is 0 Å². The minimum atomic E-state index is -4.77. The zero-order valence-electron chi connectivity index (χ0n) is 50.8. The van der Waals surface area contributed by atoms with Gasteiger partial charge in [-0.3, -0.25) is 23.4 Å². The van der Waals surface area contributed by atoms with Gasteiger partial charge in [0.2, 0.25) is 0 Å². The third-order valence-electron chi connectivity index (χ3n) is 13.2. The first kappa shape index (κ1) is 76.1. The lowest BCUT2D eigenvalue weighted by Gasteiger charge is -2.21. The summed E-state index contributed by atoms with van der Waals surface area (Å²) < 4.78 is 39.6. The third kappa shape index (κ3) is 58.8. The molecular weight excluding hydrogens is 1020 g/mol. The van der Waals surface area contributed by atoms with E-state index < -0.39 is 57.8 Å². The highest BCUT2D eigenvalue weighted by molar-refractivity contribution is 7.47. The molecule has 0 radical (unpaired) electrons. The summed E-state index contributed by atoms with van der Waals surface area (Å²) in [4.78, 5) is 48.7. The van der Waals surface area contributed by atoms with E-state index in [0.717, 1.165) is 128 Å². The summed E-state index contributed by atoms with van der Waals surface area (Å²) in [6.45, 7) is 4.38. The van der Waals surface area contributed by atoms with Crippen LogP contribution in [0.25, 0.3) is 0 Å². The van der Waals surface area contributed by atoms with Crippen LogP contribution in [0.15, 0.2) is 109 Å². The maximum Gasteiger partial charge on any atom is 0.472 e. The summed E-state index contributed by atoms with van der Waals surface area (Å²) in [6.07, 6.45) is 74.6. The maximum atomic E-state index is 13.0. The first-order valence-electron chi connectivity index (χ1n) is 31.8. The minimum Gasteiger partial charge on any atom is -0.462 e. The average molecular weight is 1140 g/mol. The van der Waals surface area contributed by atoms with Crippen LogP contribution in [0.4, 0.5) is 0 Å². The second kappa shape index (κ2) is 61.2. The fraction of sp³-hybridized carbons (Fsp3) is 0.691. The molecule has 0 amide bonds. The lowest BCUT2D eigenvalue weighted by molar-refractivity contribution is -0.161. The number of carbonyl (C=O) groups excluding carboxylic acids is 3. The lowest BCUT2D eigenvalue weighted by atomic mass is 10.1. The topological polar surface area (TPSA) is 155 Å². The van der Waals surface area contributed by atoms with Crippen LogP contribution in [0.1, 0.15) is 265 Å². The van der Waals surface area contributed by atoms with E-state index in [2.05, 4.69) is 130 Å². The van der Waals surface area contributed by atoms with E-state index in [1.807, 2.05) is 0 Å². The summed E-state index contributed by atoms with van der Waals surface area (Å²) in [5.74, 6) is -1.52. The predicted octanol–water partition coefficient (Wildman–Crippen LogP) is 19.4. The van der Waals surface area contributed by atoms with E-state index >= 15 is 0 Å². The average Bonchev–Trinajstić information content (AvgIpc) is 3.45. The van der Waals surface area contributed by atoms with Crippen molar-refractivity contribution in [3.8, 4) is 0 Å². The maximum absolute atomic E-state index is 13.0. The number of phosphoric acid groups is 1. The molecule has 11 nitrogen and oxygen atoms in total. The van der Waals surface area contributed by atoms with Crippen molar-refractivity contribution in [2.45, 2.75) is 277 Å².